The molecular weight excluding hydrogens is 283 g/mol. The first kappa shape index (κ1) is 15.0. The number of hydrogen-bond donors (Lipinski definition) is 0. The lowest BCUT2D eigenvalue weighted by Crippen LogP contribution is -2.09. The van der Waals surface area contributed by atoms with Gasteiger partial charge in [0, 0.05) is 10.5 Å². The zero-order chi connectivity index (χ0) is 14.6. The first-order valence-electron chi connectivity index (χ1n) is 4.70. The van der Waals surface area contributed by atoms with Gasteiger partial charge in [0.1, 0.15) is 6.07 Å². The first-order valence-corrected chi connectivity index (χ1v) is 5.52. The summed E-state index contributed by atoms with van der Waals surface area (Å²) in [6.45, 7) is 0. The third-order valence-electron chi connectivity index (χ3n) is 2.05. The summed E-state index contributed by atoms with van der Waals surface area (Å²) in [5, 5.41) is 8.86. The lowest BCUT2D eigenvalue weighted by atomic mass is 10.1. The standard InChI is InChI=1S/C11H6F3NO3S/c1-18-10(17)7-3-2-6(5-16)8(4-15)9(7)19-11(12,13)14/h2-3,5H,1H3. The molecule has 1 rings (SSSR count). The van der Waals surface area contributed by atoms with Crippen molar-refractivity contribution in [2.24, 2.45) is 0 Å². The second-order valence-electron chi connectivity index (χ2n) is 3.18. The van der Waals surface area contributed by atoms with Gasteiger partial charge < -0.3 is 4.74 Å². The first-order chi connectivity index (χ1) is 8.84. The molecule has 0 heterocycles. The number of nitrogens with zero attached hydrogens (tertiary/aromatic N) is 1. The molecule has 0 aromatic heterocycles. The van der Waals surface area contributed by atoms with Gasteiger partial charge in [-0.05, 0) is 23.9 Å². The van der Waals surface area contributed by atoms with E-state index < -0.39 is 39.3 Å². The number of ether oxygens (including phenoxy) is 1. The number of carbonyl (C=O) groups excluding carboxylic acids is 2. The number of halogens is 3. The van der Waals surface area contributed by atoms with E-state index in [-0.39, 0.29) is 11.8 Å². The van der Waals surface area contributed by atoms with E-state index in [4.69, 9.17) is 5.26 Å². The zero-order valence-electron chi connectivity index (χ0n) is 9.45. The Hall–Kier alpha value is -2.01. The maximum absolute atomic E-state index is 12.5. The number of thioether (sulfide) groups is 1. The fourth-order valence-electron chi connectivity index (χ4n) is 1.30. The van der Waals surface area contributed by atoms with Crippen molar-refractivity contribution in [2.75, 3.05) is 7.11 Å². The monoisotopic (exact) mass is 289 g/mol. The number of methoxy groups -OCH3 is 1. The molecule has 0 unspecified atom stereocenters. The van der Waals surface area contributed by atoms with Crippen LogP contribution in [-0.2, 0) is 4.74 Å². The van der Waals surface area contributed by atoms with Crippen LogP contribution < -0.4 is 0 Å². The number of esters is 1. The van der Waals surface area contributed by atoms with E-state index in [9.17, 15) is 22.8 Å². The van der Waals surface area contributed by atoms with Crippen molar-refractivity contribution in [3.8, 4) is 6.07 Å². The van der Waals surface area contributed by atoms with Crippen LogP contribution in [0.4, 0.5) is 13.2 Å². The van der Waals surface area contributed by atoms with Crippen LogP contribution in [0.1, 0.15) is 26.3 Å². The normalized spacial score (nSPS) is 10.7. The Morgan fingerprint density at radius 1 is 1.47 bits per heavy atom. The predicted molar refractivity (Wildman–Crippen MR) is 59.8 cm³/mol. The van der Waals surface area contributed by atoms with Gasteiger partial charge in [0.05, 0.1) is 18.2 Å². The molecule has 0 bridgehead atoms. The predicted octanol–water partition coefficient (Wildman–Crippen LogP) is 2.77. The molecule has 100 valence electrons. The second kappa shape index (κ2) is 5.75. The maximum atomic E-state index is 12.5. The van der Waals surface area contributed by atoms with Gasteiger partial charge in [-0.1, -0.05) is 0 Å². The molecule has 0 aliphatic carbocycles. The molecule has 0 saturated heterocycles. The number of carbonyl (C=O) groups is 2. The SMILES string of the molecule is COC(=O)c1ccc(C=O)c(C#N)c1SC(F)(F)F. The Morgan fingerprint density at radius 2 is 2.11 bits per heavy atom. The molecular formula is C11H6F3NO3S. The lowest BCUT2D eigenvalue weighted by Gasteiger charge is -2.12. The molecule has 4 nitrogen and oxygen atoms in total. The summed E-state index contributed by atoms with van der Waals surface area (Å²) in [7, 11) is 1.00. The highest BCUT2D eigenvalue weighted by atomic mass is 32.2. The Labute approximate surface area is 110 Å². The second-order valence-corrected chi connectivity index (χ2v) is 4.25. The fraction of sp³-hybridized carbons (Fsp3) is 0.182. The van der Waals surface area contributed by atoms with Crippen LogP contribution in [0.25, 0.3) is 0 Å². The number of hydrogen-bond acceptors (Lipinski definition) is 5. The van der Waals surface area contributed by atoms with Gasteiger partial charge in [0.25, 0.3) is 0 Å². The minimum absolute atomic E-state index is 0.220. The Balaban J connectivity index is 3.54. The molecule has 19 heavy (non-hydrogen) atoms. The number of nitriles is 1. The van der Waals surface area contributed by atoms with E-state index in [1.807, 2.05) is 0 Å². The van der Waals surface area contributed by atoms with Crippen molar-refractivity contribution in [3.05, 3.63) is 28.8 Å². The molecule has 1 aromatic rings. The molecule has 0 fully saturated rings. The van der Waals surface area contributed by atoms with Crippen LogP contribution in [0.15, 0.2) is 17.0 Å². The van der Waals surface area contributed by atoms with Crippen LogP contribution in [0.3, 0.4) is 0 Å². The quantitative estimate of drug-likeness (QED) is 0.486. The average Bonchev–Trinajstić information content (AvgIpc) is 2.35. The molecule has 0 aliphatic rings. The molecule has 0 atom stereocenters. The van der Waals surface area contributed by atoms with Crippen molar-refractivity contribution in [2.45, 2.75) is 10.4 Å². The molecule has 0 amide bonds. The average molecular weight is 289 g/mol. The smallest absolute Gasteiger partial charge is 0.446 e. The van der Waals surface area contributed by atoms with Crippen molar-refractivity contribution in [1.29, 1.82) is 5.26 Å². The Kier molecular flexibility index (Phi) is 4.56. The van der Waals surface area contributed by atoms with Crippen LogP contribution in [0.2, 0.25) is 0 Å². The van der Waals surface area contributed by atoms with E-state index in [2.05, 4.69) is 4.74 Å². The van der Waals surface area contributed by atoms with Crippen LogP contribution in [-0.4, -0.2) is 24.9 Å². The summed E-state index contributed by atoms with van der Waals surface area (Å²) in [6.07, 6.45) is 0.250. The van der Waals surface area contributed by atoms with Crippen LogP contribution >= 0.6 is 11.8 Å². The molecule has 1 aromatic carbocycles. The van der Waals surface area contributed by atoms with E-state index >= 15 is 0 Å². The molecule has 0 aliphatic heterocycles. The lowest BCUT2D eigenvalue weighted by molar-refractivity contribution is -0.0328. The van der Waals surface area contributed by atoms with Crippen molar-refractivity contribution in [3.63, 3.8) is 0 Å². The molecule has 0 spiro atoms. The highest BCUT2D eigenvalue weighted by Crippen LogP contribution is 2.41. The van der Waals surface area contributed by atoms with Crippen molar-refractivity contribution >= 4 is 24.0 Å². The third kappa shape index (κ3) is 3.48. The summed E-state index contributed by atoms with van der Waals surface area (Å²) >= 11 is -0.630. The summed E-state index contributed by atoms with van der Waals surface area (Å²) < 4.78 is 41.7. The van der Waals surface area contributed by atoms with Crippen LogP contribution in [0.5, 0.6) is 0 Å². The van der Waals surface area contributed by atoms with Crippen molar-refractivity contribution < 1.29 is 27.5 Å². The summed E-state index contributed by atoms with van der Waals surface area (Å²) in [5.74, 6) is -1.01. The molecule has 0 radical (unpaired) electrons. The minimum Gasteiger partial charge on any atom is -0.465 e. The summed E-state index contributed by atoms with van der Waals surface area (Å²) in [6, 6.07) is 3.61. The summed E-state index contributed by atoms with van der Waals surface area (Å²) in [4.78, 5) is 21.5. The van der Waals surface area contributed by atoms with Gasteiger partial charge in [0.2, 0.25) is 0 Å². The highest BCUT2D eigenvalue weighted by molar-refractivity contribution is 8.00. The highest BCUT2D eigenvalue weighted by Gasteiger charge is 2.34. The van der Waals surface area contributed by atoms with Gasteiger partial charge in [-0.3, -0.25) is 4.79 Å². The fourth-order valence-corrected chi connectivity index (χ4v) is 2.06. The van der Waals surface area contributed by atoms with E-state index in [1.54, 1.807) is 0 Å². The molecule has 0 N–H and O–H groups in total. The van der Waals surface area contributed by atoms with Gasteiger partial charge in [0.15, 0.2) is 6.29 Å². The number of rotatable bonds is 3. The summed E-state index contributed by atoms with van der Waals surface area (Å²) in [5.41, 5.74) is -5.83. The zero-order valence-corrected chi connectivity index (χ0v) is 10.3. The third-order valence-corrected chi connectivity index (χ3v) is 2.91. The van der Waals surface area contributed by atoms with E-state index in [1.165, 1.54) is 6.07 Å². The van der Waals surface area contributed by atoms with Gasteiger partial charge in [-0.15, -0.1) is 0 Å². The number of aldehydes is 1. The molecule has 0 saturated carbocycles. The van der Waals surface area contributed by atoms with Gasteiger partial charge >= 0.3 is 11.5 Å². The topological polar surface area (TPSA) is 67.2 Å². The van der Waals surface area contributed by atoms with Crippen molar-refractivity contribution in [1.82, 2.24) is 0 Å². The Morgan fingerprint density at radius 3 is 2.53 bits per heavy atom. The van der Waals surface area contributed by atoms with Gasteiger partial charge in [-0.25, -0.2) is 4.79 Å². The Bertz CT molecular complexity index is 564. The van der Waals surface area contributed by atoms with Crippen LogP contribution in [0, 0.1) is 11.3 Å². The molecule has 8 heteroatoms. The van der Waals surface area contributed by atoms with Gasteiger partial charge in [-0.2, -0.15) is 18.4 Å². The number of alkyl halides is 3. The van der Waals surface area contributed by atoms with E-state index in [0.717, 1.165) is 19.2 Å². The minimum atomic E-state index is -4.70. The largest absolute Gasteiger partial charge is 0.465 e. The van der Waals surface area contributed by atoms with E-state index in [0.29, 0.717) is 0 Å². The number of benzene rings is 1. The maximum Gasteiger partial charge on any atom is 0.446 e.